The molecule has 0 aromatic rings. The number of rotatable bonds is 0. The number of hydrogen-bond donors (Lipinski definition) is 3. The second-order valence-electron chi connectivity index (χ2n) is 7.12. The third-order valence-electron chi connectivity index (χ3n) is 5.56. The molecule has 0 aromatic carbocycles. The molecule has 0 unspecified atom stereocenters. The fraction of sp³-hybridized carbons (Fsp3) is 0.800. The van der Waals surface area contributed by atoms with E-state index in [1.54, 1.807) is 20.8 Å². The van der Waals surface area contributed by atoms with E-state index in [-0.39, 0.29) is 18.3 Å². The molecular weight excluding hydrogens is 260 g/mol. The number of carbonyl (C=O) groups is 1. The molecule has 0 spiro atoms. The number of ether oxygens (including phenoxy) is 1. The average molecular weight is 282 g/mol. The Bertz CT molecular complexity index is 504. The highest BCUT2D eigenvalue weighted by molar-refractivity contribution is 5.92. The van der Waals surface area contributed by atoms with Crippen LogP contribution in [0.15, 0.2) is 11.1 Å². The van der Waals surface area contributed by atoms with Crippen molar-refractivity contribution in [2.45, 2.75) is 63.4 Å². The van der Waals surface area contributed by atoms with Crippen molar-refractivity contribution in [1.82, 2.24) is 0 Å². The van der Waals surface area contributed by atoms with Gasteiger partial charge in [0.25, 0.3) is 0 Å². The van der Waals surface area contributed by atoms with Gasteiger partial charge in [-0.3, -0.25) is 0 Å². The highest BCUT2D eigenvalue weighted by atomic mass is 16.7. The standard InChI is InChI=1S/C15H22O5/c1-8-10-6-11-9(4-5-13(11,2)17)14(3,18)7-15(10,19)20-12(8)16/h9,11,17-19H,4-7H2,1-3H3/t9-,11-,13-,14-,15-/m0/s1. The normalized spacial score (nSPS) is 51.6. The lowest BCUT2D eigenvalue weighted by Crippen LogP contribution is -2.44. The summed E-state index contributed by atoms with van der Waals surface area (Å²) in [5.74, 6) is -2.53. The Balaban J connectivity index is 2.10. The van der Waals surface area contributed by atoms with E-state index in [1.807, 2.05) is 0 Å². The Morgan fingerprint density at radius 3 is 2.45 bits per heavy atom. The summed E-state index contributed by atoms with van der Waals surface area (Å²) in [6.45, 7) is 5.06. The van der Waals surface area contributed by atoms with Gasteiger partial charge in [-0.15, -0.1) is 0 Å². The molecule has 2 fully saturated rings. The molecule has 5 heteroatoms. The summed E-state index contributed by atoms with van der Waals surface area (Å²) >= 11 is 0. The van der Waals surface area contributed by atoms with Crippen LogP contribution in [0.4, 0.5) is 0 Å². The highest BCUT2D eigenvalue weighted by Crippen LogP contribution is 2.56. The summed E-state index contributed by atoms with van der Waals surface area (Å²) < 4.78 is 5.11. The molecule has 1 heterocycles. The molecular formula is C15H22O5. The molecule has 3 aliphatic rings. The third kappa shape index (κ3) is 1.76. The van der Waals surface area contributed by atoms with Gasteiger partial charge in [-0.2, -0.15) is 0 Å². The Kier molecular flexibility index (Phi) is 2.70. The molecule has 0 amide bonds. The number of hydrogen-bond acceptors (Lipinski definition) is 5. The second-order valence-corrected chi connectivity index (χ2v) is 7.12. The predicted molar refractivity (Wildman–Crippen MR) is 70.4 cm³/mol. The van der Waals surface area contributed by atoms with E-state index < -0.39 is 23.0 Å². The van der Waals surface area contributed by atoms with Gasteiger partial charge in [-0.25, -0.2) is 4.79 Å². The summed E-state index contributed by atoms with van der Waals surface area (Å²) in [6, 6.07) is 0. The average Bonchev–Trinajstić information content (AvgIpc) is 2.65. The maximum Gasteiger partial charge on any atom is 0.336 e. The van der Waals surface area contributed by atoms with E-state index in [0.29, 0.717) is 30.4 Å². The molecule has 5 atom stereocenters. The van der Waals surface area contributed by atoms with E-state index >= 15 is 0 Å². The van der Waals surface area contributed by atoms with E-state index in [2.05, 4.69) is 0 Å². The first-order valence-corrected chi connectivity index (χ1v) is 7.17. The lowest BCUT2D eigenvalue weighted by Gasteiger charge is -2.36. The zero-order valence-corrected chi connectivity index (χ0v) is 12.1. The van der Waals surface area contributed by atoms with Crippen LogP contribution in [0.25, 0.3) is 0 Å². The minimum Gasteiger partial charge on any atom is -0.426 e. The van der Waals surface area contributed by atoms with Gasteiger partial charge in [0.2, 0.25) is 5.79 Å². The minimum absolute atomic E-state index is 0.0321. The van der Waals surface area contributed by atoms with Crippen molar-refractivity contribution in [2.75, 3.05) is 0 Å². The number of aliphatic hydroxyl groups is 3. The first-order valence-electron chi connectivity index (χ1n) is 7.17. The first kappa shape index (κ1) is 14.0. The van der Waals surface area contributed by atoms with Crippen LogP contribution < -0.4 is 0 Å². The van der Waals surface area contributed by atoms with Gasteiger partial charge in [-0.05, 0) is 51.9 Å². The van der Waals surface area contributed by atoms with Crippen molar-refractivity contribution in [1.29, 1.82) is 0 Å². The monoisotopic (exact) mass is 282 g/mol. The Labute approximate surface area is 118 Å². The van der Waals surface area contributed by atoms with Gasteiger partial charge >= 0.3 is 5.97 Å². The van der Waals surface area contributed by atoms with E-state index in [4.69, 9.17) is 4.74 Å². The number of esters is 1. The van der Waals surface area contributed by atoms with Crippen LogP contribution >= 0.6 is 0 Å². The minimum atomic E-state index is -1.72. The van der Waals surface area contributed by atoms with Crippen molar-refractivity contribution in [3.63, 3.8) is 0 Å². The van der Waals surface area contributed by atoms with Crippen LogP contribution in [0, 0.1) is 11.8 Å². The Morgan fingerprint density at radius 2 is 1.80 bits per heavy atom. The predicted octanol–water partition coefficient (Wildman–Crippen LogP) is 0.870. The van der Waals surface area contributed by atoms with Crippen LogP contribution in [0.2, 0.25) is 0 Å². The second kappa shape index (κ2) is 3.84. The fourth-order valence-corrected chi connectivity index (χ4v) is 4.37. The molecule has 112 valence electrons. The largest absolute Gasteiger partial charge is 0.426 e. The van der Waals surface area contributed by atoms with E-state index in [9.17, 15) is 20.1 Å². The molecule has 0 radical (unpaired) electrons. The third-order valence-corrected chi connectivity index (χ3v) is 5.56. The van der Waals surface area contributed by atoms with Crippen molar-refractivity contribution >= 4 is 5.97 Å². The SMILES string of the molecule is CC1=C2C[C@H]3[C@H](CC[C@]3(C)O)[C@@](C)(O)C[C@]2(O)OC1=O. The smallest absolute Gasteiger partial charge is 0.336 e. The molecule has 3 N–H and O–H groups in total. The molecule has 1 aliphatic heterocycles. The van der Waals surface area contributed by atoms with Gasteiger partial charge in [0.15, 0.2) is 0 Å². The van der Waals surface area contributed by atoms with Crippen LogP contribution in [-0.2, 0) is 9.53 Å². The van der Waals surface area contributed by atoms with Crippen LogP contribution in [0.3, 0.4) is 0 Å². The summed E-state index contributed by atoms with van der Waals surface area (Å²) in [5.41, 5.74) is -1.13. The number of fused-ring (bicyclic) bond motifs is 2. The lowest BCUT2D eigenvalue weighted by molar-refractivity contribution is -0.200. The molecule has 5 nitrogen and oxygen atoms in total. The van der Waals surface area contributed by atoms with Crippen LogP contribution in [0.1, 0.15) is 46.5 Å². The summed E-state index contributed by atoms with van der Waals surface area (Å²) in [5, 5.41) is 32.0. The summed E-state index contributed by atoms with van der Waals surface area (Å²) in [4.78, 5) is 11.7. The van der Waals surface area contributed by atoms with Gasteiger partial charge in [0.05, 0.1) is 11.2 Å². The van der Waals surface area contributed by atoms with Crippen molar-refractivity contribution in [3.8, 4) is 0 Å². The summed E-state index contributed by atoms with van der Waals surface area (Å²) in [7, 11) is 0. The zero-order chi connectivity index (χ0) is 14.9. The van der Waals surface area contributed by atoms with Crippen LogP contribution in [0.5, 0.6) is 0 Å². The quantitative estimate of drug-likeness (QED) is 0.574. The zero-order valence-electron chi connectivity index (χ0n) is 12.1. The van der Waals surface area contributed by atoms with Gasteiger partial charge in [-0.1, -0.05) is 0 Å². The van der Waals surface area contributed by atoms with Crippen LogP contribution in [-0.4, -0.2) is 38.3 Å². The molecule has 20 heavy (non-hydrogen) atoms. The van der Waals surface area contributed by atoms with Crippen molar-refractivity contribution in [2.24, 2.45) is 11.8 Å². The molecule has 2 saturated carbocycles. The van der Waals surface area contributed by atoms with Crippen molar-refractivity contribution < 1.29 is 24.9 Å². The molecule has 3 rings (SSSR count). The highest BCUT2D eigenvalue weighted by Gasteiger charge is 2.60. The van der Waals surface area contributed by atoms with Crippen molar-refractivity contribution in [3.05, 3.63) is 11.1 Å². The topological polar surface area (TPSA) is 87.0 Å². The van der Waals surface area contributed by atoms with E-state index in [1.165, 1.54) is 0 Å². The maximum atomic E-state index is 11.7. The lowest BCUT2D eigenvalue weighted by atomic mass is 9.76. The molecule has 2 aliphatic carbocycles. The fourth-order valence-electron chi connectivity index (χ4n) is 4.37. The molecule has 0 bridgehead atoms. The molecule has 0 aromatic heterocycles. The first-order chi connectivity index (χ1) is 9.07. The maximum absolute atomic E-state index is 11.7. The summed E-state index contributed by atoms with van der Waals surface area (Å²) in [6.07, 6.45) is 1.69. The van der Waals surface area contributed by atoms with E-state index in [0.717, 1.165) is 0 Å². The Morgan fingerprint density at radius 1 is 1.15 bits per heavy atom. The van der Waals surface area contributed by atoms with Gasteiger partial charge in [0, 0.05) is 17.6 Å². The van der Waals surface area contributed by atoms with Gasteiger partial charge in [0.1, 0.15) is 0 Å². The number of carbonyl (C=O) groups excluding carboxylic acids is 1. The molecule has 0 saturated heterocycles. The van der Waals surface area contributed by atoms with Gasteiger partial charge < -0.3 is 20.1 Å². The Hall–Kier alpha value is -0.910.